The number of rotatable bonds is 2. The molecular formula is C21H15Cl2N3. The summed E-state index contributed by atoms with van der Waals surface area (Å²) in [5.74, 6) is 0.789. The maximum atomic E-state index is 6.28. The van der Waals surface area contributed by atoms with Crippen molar-refractivity contribution in [3.63, 3.8) is 0 Å². The van der Waals surface area contributed by atoms with E-state index in [0.29, 0.717) is 16.5 Å². The molecule has 0 saturated carbocycles. The number of nitrogens with zero attached hydrogens (tertiary/aromatic N) is 2. The summed E-state index contributed by atoms with van der Waals surface area (Å²) in [7, 11) is 0. The van der Waals surface area contributed by atoms with Crippen molar-refractivity contribution < 1.29 is 0 Å². The third-order valence-electron chi connectivity index (χ3n) is 4.06. The number of nitrogens with one attached hydrogen (secondary N) is 1. The molecule has 0 atom stereocenters. The molecule has 0 bridgehead atoms. The Labute approximate surface area is 162 Å². The van der Waals surface area contributed by atoms with Crippen LogP contribution in [0, 0.1) is 0 Å². The van der Waals surface area contributed by atoms with E-state index >= 15 is 0 Å². The topological polar surface area (TPSA) is 36.8 Å². The molecule has 0 amide bonds. The summed E-state index contributed by atoms with van der Waals surface area (Å²) in [4.78, 5) is 9.59. The van der Waals surface area contributed by atoms with Crippen molar-refractivity contribution in [2.75, 3.05) is 5.32 Å². The normalized spacial score (nSPS) is 15.0. The first-order valence-electron chi connectivity index (χ1n) is 8.21. The number of hydrogen-bond acceptors (Lipinski definition) is 2. The second-order valence-electron chi connectivity index (χ2n) is 5.89. The second-order valence-corrected chi connectivity index (χ2v) is 6.74. The Bertz CT molecular complexity index is 1010. The van der Waals surface area contributed by atoms with Gasteiger partial charge in [-0.2, -0.15) is 0 Å². The fourth-order valence-electron chi connectivity index (χ4n) is 2.78. The van der Waals surface area contributed by atoms with Crippen LogP contribution < -0.4 is 5.32 Å². The Morgan fingerprint density at radius 3 is 2.38 bits per heavy atom. The summed E-state index contributed by atoms with van der Waals surface area (Å²) >= 11 is 12.3. The molecule has 26 heavy (non-hydrogen) atoms. The standard InChI is InChI=1S/C21H15Cl2N3/c22-15-11-9-14(10-12-15)20-13-21(25-17-6-2-1-5-16(17)23)26-19-8-4-3-7-18(19)24-20/h1-12H,13H2,(H,25,26). The van der Waals surface area contributed by atoms with Crippen LogP contribution in [0.4, 0.5) is 17.1 Å². The molecule has 3 nitrogen and oxygen atoms in total. The van der Waals surface area contributed by atoms with Gasteiger partial charge in [0.15, 0.2) is 0 Å². The number of halogens is 2. The highest BCUT2D eigenvalue weighted by Crippen LogP contribution is 2.31. The average molecular weight is 380 g/mol. The zero-order chi connectivity index (χ0) is 17.9. The van der Waals surface area contributed by atoms with E-state index in [0.717, 1.165) is 34.2 Å². The van der Waals surface area contributed by atoms with E-state index in [2.05, 4.69) is 5.32 Å². The van der Waals surface area contributed by atoms with E-state index in [9.17, 15) is 0 Å². The molecule has 5 heteroatoms. The number of aliphatic imine (C=N–C) groups is 2. The van der Waals surface area contributed by atoms with Gasteiger partial charge in [-0.1, -0.05) is 59.6 Å². The van der Waals surface area contributed by atoms with Crippen LogP contribution in [0.3, 0.4) is 0 Å². The summed E-state index contributed by atoms with van der Waals surface area (Å²) in [6, 6.07) is 23.1. The number of anilines is 1. The predicted octanol–water partition coefficient (Wildman–Crippen LogP) is 6.66. The lowest BCUT2D eigenvalue weighted by Gasteiger charge is -2.09. The molecule has 1 heterocycles. The molecule has 3 aromatic rings. The summed E-state index contributed by atoms with van der Waals surface area (Å²) in [5, 5.41) is 4.71. The first-order valence-corrected chi connectivity index (χ1v) is 8.96. The van der Waals surface area contributed by atoms with Crippen LogP contribution in [0.5, 0.6) is 0 Å². The summed E-state index contributed by atoms with van der Waals surface area (Å²) in [5.41, 5.74) is 4.46. The first-order chi connectivity index (χ1) is 12.7. The Kier molecular flexibility index (Phi) is 4.74. The first kappa shape index (κ1) is 16.8. The third-order valence-corrected chi connectivity index (χ3v) is 4.63. The van der Waals surface area contributed by atoms with Crippen molar-refractivity contribution in [3.8, 4) is 0 Å². The van der Waals surface area contributed by atoms with Gasteiger partial charge in [-0.3, -0.25) is 4.99 Å². The molecule has 1 N–H and O–H groups in total. The highest BCUT2D eigenvalue weighted by molar-refractivity contribution is 6.33. The minimum absolute atomic E-state index is 0.557. The van der Waals surface area contributed by atoms with Crippen molar-refractivity contribution >= 4 is 51.8 Å². The number of hydrogen-bond donors (Lipinski definition) is 1. The van der Waals surface area contributed by atoms with Crippen LogP contribution in [0.25, 0.3) is 0 Å². The smallest absolute Gasteiger partial charge is 0.113 e. The Morgan fingerprint density at radius 1 is 0.846 bits per heavy atom. The molecular weight excluding hydrogens is 365 g/mol. The SMILES string of the molecule is Clc1ccc(C2=Nc3ccccc3NC(=Nc3ccccc3Cl)C2)cc1. The number of amidine groups is 1. The summed E-state index contributed by atoms with van der Waals surface area (Å²) in [6.07, 6.45) is 0.557. The molecule has 0 aromatic heterocycles. The molecule has 0 aliphatic carbocycles. The van der Waals surface area contributed by atoms with Gasteiger partial charge in [0.1, 0.15) is 5.84 Å². The largest absolute Gasteiger partial charge is 0.342 e. The van der Waals surface area contributed by atoms with Gasteiger partial charge >= 0.3 is 0 Å². The third kappa shape index (κ3) is 3.64. The zero-order valence-electron chi connectivity index (χ0n) is 13.8. The zero-order valence-corrected chi connectivity index (χ0v) is 15.3. The van der Waals surface area contributed by atoms with Crippen LogP contribution >= 0.6 is 23.2 Å². The van der Waals surface area contributed by atoms with Crippen LogP contribution in [0.1, 0.15) is 12.0 Å². The lowest BCUT2D eigenvalue weighted by Crippen LogP contribution is -2.15. The number of fused-ring (bicyclic) bond motifs is 1. The lowest BCUT2D eigenvalue weighted by molar-refractivity contribution is 1.41. The van der Waals surface area contributed by atoms with Crippen molar-refractivity contribution in [1.82, 2.24) is 0 Å². The minimum atomic E-state index is 0.557. The highest BCUT2D eigenvalue weighted by atomic mass is 35.5. The van der Waals surface area contributed by atoms with Crippen molar-refractivity contribution in [2.45, 2.75) is 6.42 Å². The molecule has 1 aliphatic heterocycles. The Balaban J connectivity index is 1.80. The van der Waals surface area contributed by atoms with Gasteiger partial charge in [0.25, 0.3) is 0 Å². The van der Waals surface area contributed by atoms with E-state index in [1.54, 1.807) is 0 Å². The minimum Gasteiger partial charge on any atom is -0.342 e. The van der Waals surface area contributed by atoms with E-state index in [1.165, 1.54) is 0 Å². The van der Waals surface area contributed by atoms with E-state index in [4.69, 9.17) is 33.2 Å². The molecule has 0 unspecified atom stereocenters. The number of benzene rings is 3. The maximum absolute atomic E-state index is 6.28. The van der Waals surface area contributed by atoms with E-state index in [-0.39, 0.29) is 0 Å². The molecule has 0 fully saturated rings. The van der Waals surface area contributed by atoms with Crippen LogP contribution in [-0.4, -0.2) is 11.5 Å². The van der Waals surface area contributed by atoms with Gasteiger partial charge in [0, 0.05) is 11.4 Å². The molecule has 0 spiro atoms. The molecule has 128 valence electrons. The van der Waals surface area contributed by atoms with Crippen molar-refractivity contribution in [2.24, 2.45) is 9.98 Å². The van der Waals surface area contributed by atoms with Gasteiger partial charge in [-0.15, -0.1) is 0 Å². The van der Waals surface area contributed by atoms with Gasteiger partial charge in [-0.25, -0.2) is 4.99 Å². The number of para-hydroxylation sites is 3. The van der Waals surface area contributed by atoms with Crippen LogP contribution in [-0.2, 0) is 0 Å². The molecule has 1 aliphatic rings. The van der Waals surface area contributed by atoms with E-state index in [1.807, 2.05) is 72.8 Å². The maximum Gasteiger partial charge on any atom is 0.113 e. The fraction of sp³-hybridized carbons (Fsp3) is 0.0476. The average Bonchev–Trinajstić information content (AvgIpc) is 2.83. The summed E-state index contributed by atoms with van der Waals surface area (Å²) < 4.78 is 0. The van der Waals surface area contributed by atoms with Crippen LogP contribution in [0.15, 0.2) is 82.8 Å². The van der Waals surface area contributed by atoms with Gasteiger partial charge in [0.2, 0.25) is 0 Å². The fourth-order valence-corrected chi connectivity index (χ4v) is 3.09. The Morgan fingerprint density at radius 2 is 1.58 bits per heavy atom. The van der Waals surface area contributed by atoms with Gasteiger partial charge < -0.3 is 5.32 Å². The van der Waals surface area contributed by atoms with Crippen molar-refractivity contribution in [1.29, 1.82) is 0 Å². The second kappa shape index (κ2) is 7.32. The van der Waals surface area contributed by atoms with Gasteiger partial charge in [-0.05, 0) is 42.0 Å². The summed E-state index contributed by atoms with van der Waals surface area (Å²) in [6.45, 7) is 0. The van der Waals surface area contributed by atoms with Crippen LogP contribution in [0.2, 0.25) is 10.0 Å². The van der Waals surface area contributed by atoms with Gasteiger partial charge in [0.05, 0.1) is 27.8 Å². The highest BCUT2D eigenvalue weighted by Gasteiger charge is 2.16. The molecule has 0 radical (unpaired) electrons. The molecule has 4 rings (SSSR count). The molecule has 3 aromatic carbocycles. The van der Waals surface area contributed by atoms with Crippen molar-refractivity contribution in [3.05, 3.63) is 88.4 Å². The Hall–Kier alpha value is -2.62. The monoisotopic (exact) mass is 379 g/mol. The quantitative estimate of drug-likeness (QED) is 0.530. The predicted molar refractivity (Wildman–Crippen MR) is 111 cm³/mol. The lowest BCUT2D eigenvalue weighted by atomic mass is 10.1. The molecule has 0 saturated heterocycles. The van der Waals surface area contributed by atoms with E-state index < -0.39 is 0 Å².